The van der Waals surface area contributed by atoms with E-state index in [0.717, 1.165) is 37.7 Å². The number of benzene rings is 1. The molecule has 19 heavy (non-hydrogen) atoms. The van der Waals surface area contributed by atoms with E-state index in [1.54, 1.807) is 12.1 Å². The van der Waals surface area contributed by atoms with Crippen LogP contribution < -0.4 is 5.32 Å². The quantitative estimate of drug-likeness (QED) is 0.816. The van der Waals surface area contributed by atoms with Gasteiger partial charge < -0.3 is 10.4 Å². The van der Waals surface area contributed by atoms with Crippen LogP contribution >= 0.6 is 0 Å². The molecule has 3 unspecified atom stereocenters. The van der Waals surface area contributed by atoms with Crippen LogP contribution in [-0.4, -0.2) is 17.3 Å². The summed E-state index contributed by atoms with van der Waals surface area (Å²) in [4.78, 5) is 0. The zero-order valence-electron chi connectivity index (χ0n) is 11.6. The predicted molar refractivity (Wildman–Crippen MR) is 75.4 cm³/mol. The zero-order chi connectivity index (χ0) is 13.7. The number of nitrogens with one attached hydrogen (secondary N) is 1. The Morgan fingerprint density at radius 3 is 2.84 bits per heavy atom. The van der Waals surface area contributed by atoms with Gasteiger partial charge in [-0.3, -0.25) is 0 Å². The van der Waals surface area contributed by atoms with Crippen LogP contribution in [0.25, 0.3) is 0 Å². The molecule has 3 heteroatoms. The molecule has 0 bridgehead atoms. The highest BCUT2D eigenvalue weighted by Crippen LogP contribution is 2.23. The van der Waals surface area contributed by atoms with Gasteiger partial charge in [-0.25, -0.2) is 4.39 Å². The SMILES string of the molecule is CCC(NC1CCCCCC1O)c1cccc(F)c1. The highest BCUT2D eigenvalue weighted by molar-refractivity contribution is 5.20. The summed E-state index contributed by atoms with van der Waals surface area (Å²) in [6, 6.07) is 7.01. The molecule has 2 N–H and O–H groups in total. The maximum atomic E-state index is 13.3. The number of halogens is 1. The summed E-state index contributed by atoms with van der Waals surface area (Å²) in [6.07, 6.45) is 5.97. The summed E-state index contributed by atoms with van der Waals surface area (Å²) < 4.78 is 13.3. The summed E-state index contributed by atoms with van der Waals surface area (Å²) >= 11 is 0. The van der Waals surface area contributed by atoms with Gasteiger partial charge in [-0.15, -0.1) is 0 Å². The molecule has 106 valence electrons. The second-order valence-corrected chi connectivity index (χ2v) is 5.49. The molecule has 0 heterocycles. The molecular weight excluding hydrogens is 241 g/mol. The minimum absolute atomic E-state index is 0.119. The molecule has 0 amide bonds. The molecule has 1 fully saturated rings. The van der Waals surface area contributed by atoms with Crippen molar-refractivity contribution in [3.05, 3.63) is 35.6 Å². The summed E-state index contributed by atoms with van der Waals surface area (Å²) in [5, 5.41) is 13.7. The van der Waals surface area contributed by atoms with Crippen LogP contribution in [0.4, 0.5) is 4.39 Å². The Labute approximate surface area is 115 Å². The molecule has 2 rings (SSSR count). The first kappa shape index (κ1) is 14.5. The largest absolute Gasteiger partial charge is 0.392 e. The smallest absolute Gasteiger partial charge is 0.123 e. The lowest BCUT2D eigenvalue weighted by Crippen LogP contribution is -2.41. The van der Waals surface area contributed by atoms with Gasteiger partial charge in [-0.1, -0.05) is 38.3 Å². The summed E-state index contributed by atoms with van der Waals surface area (Å²) in [7, 11) is 0. The average Bonchev–Trinajstić information content (AvgIpc) is 2.61. The van der Waals surface area contributed by atoms with Crippen LogP contribution in [0.1, 0.15) is 57.1 Å². The van der Waals surface area contributed by atoms with Gasteiger partial charge in [-0.2, -0.15) is 0 Å². The maximum absolute atomic E-state index is 13.3. The lowest BCUT2D eigenvalue weighted by molar-refractivity contribution is 0.113. The first-order valence-corrected chi connectivity index (χ1v) is 7.40. The van der Waals surface area contributed by atoms with Gasteiger partial charge in [0.05, 0.1) is 6.10 Å². The topological polar surface area (TPSA) is 32.3 Å². The van der Waals surface area contributed by atoms with Crippen LogP contribution in [-0.2, 0) is 0 Å². The van der Waals surface area contributed by atoms with Crippen molar-refractivity contribution in [3.8, 4) is 0 Å². The summed E-state index contributed by atoms with van der Waals surface area (Å²) in [5.41, 5.74) is 0.971. The van der Waals surface area contributed by atoms with E-state index < -0.39 is 0 Å². The zero-order valence-corrected chi connectivity index (χ0v) is 11.6. The van der Waals surface area contributed by atoms with Crippen molar-refractivity contribution in [1.82, 2.24) is 5.32 Å². The third-order valence-electron chi connectivity index (χ3n) is 4.05. The summed E-state index contributed by atoms with van der Waals surface area (Å²) in [5.74, 6) is -0.195. The number of aliphatic hydroxyl groups is 1. The van der Waals surface area contributed by atoms with Crippen LogP contribution in [0.5, 0.6) is 0 Å². The van der Waals surface area contributed by atoms with Crippen molar-refractivity contribution in [3.63, 3.8) is 0 Å². The minimum atomic E-state index is -0.273. The third-order valence-corrected chi connectivity index (χ3v) is 4.05. The molecule has 1 aromatic carbocycles. The molecule has 3 atom stereocenters. The molecule has 0 saturated heterocycles. The molecule has 2 nitrogen and oxygen atoms in total. The van der Waals surface area contributed by atoms with Crippen molar-refractivity contribution >= 4 is 0 Å². The van der Waals surface area contributed by atoms with Crippen LogP contribution in [0.15, 0.2) is 24.3 Å². The highest BCUT2D eigenvalue weighted by atomic mass is 19.1. The van der Waals surface area contributed by atoms with Crippen molar-refractivity contribution in [2.75, 3.05) is 0 Å². The Bertz CT molecular complexity index is 396. The highest BCUT2D eigenvalue weighted by Gasteiger charge is 2.24. The fourth-order valence-corrected chi connectivity index (χ4v) is 2.91. The number of hydrogen-bond donors (Lipinski definition) is 2. The Morgan fingerprint density at radius 2 is 2.11 bits per heavy atom. The van der Waals surface area contributed by atoms with E-state index in [0.29, 0.717) is 0 Å². The van der Waals surface area contributed by atoms with E-state index in [1.807, 2.05) is 6.07 Å². The first-order chi connectivity index (χ1) is 9.20. The van der Waals surface area contributed by atoms with Gasteiger partial charge in [0, 0.05) is 12.1 Å². The molecule has 0 aliphatic heterocycles. The van der Waals surface area contributed by atoms with Gasteiger partial charge in [0.1, 0.15) is 5.82 Å². The molecule has 1 saturated carbocycles. The third kappa shape index (κ3) is 4.02. The molecule has 0 radical (unpaired) electrons. The lowest BCUT2D eigenvalue weighted by atomic mass is 9.99. The van der Waals surface area contributed by atoms with E-state index in [4.69, 9.17) is 0 Å². The van der Waals surface area contributed by atoms with Crippen molar-refractivity contribution in [2.24, 2.45) is 0 Å². The normalized spacial score (nSPS) is 25.8. The molecule has 0 spiro atoms. The van der Waals surface area contributed by atoms with Gasteiger partial charge >= 0.3 is 0 Å². The summed E-state index contributed by atoms with van der Waals surface area (Å²) in [6.45, 7) is 2.09. The van der Waals surface area contributed by atoms with Crippen molar-refractivity contribution < 1.29 is 9.50 Å². The predicted octanol–water partition coefficient (Wildman–Crippen LogP) is 3.56. The van der Waals surface area contributed by atoms with E-state index in [9.17, 15) is 9.50 Å². The minimum Gasteiger partial charge on any atom is -0.392 e. The fraction of sp³-hybridized carbons (Fsp3) is 0.625. The Hall–Kier alpha value is -0.930. The number of aliphatic hydroxyl groups excluding tert-OH is 1. The molecular formula is C16H24FNO. The Balaban J connectivity index is 2.05. The van der Waals surface area contributed by atoms with Crippen LogP contribution in [0.2, 0.25) is 0 Å². The lowest BCUT2D eigenvalue weighted by Gasteiger charge is -2.27. The van der Waals surface area contributed by atoms with Gasteiger partial charge in [-0.05, 0) is 37.0 Å². The van der Waals surface area contributed by atoms with E-state index >= 15 is 0 Å². The number of rotatable bonds is 4. The average molecular weight is 265 g/mol. The Kier molecular flexibility index (Phi) is 5.34. The van der Waals surface area contributed by atoms with Gasteiger partial charge in [0.2, 0.25) is 0 Å². The molecule has 1 aromatic rings. The second kappa shape index (κ2) is 7.01. The fourth-order valence-electron chi connectivity index (χ4n) is 2.91. The molecule has 1 aliphatic carbocycles. The molecule has 1 aliphatic rings. The monoisotopic (exact) mass is 265 g/mol. The van der Waals surface area contributed by atoms with Gasteiger partial charge in [0.25, 0.3) is 0 Å². The van der Waals surface area contributed by atoms with Gasteiger partial charge in [0.15, 0.2) is 0 Å². The number of hydrogen-bond acceptors (Lipinski definition) is 2. The second-order valence-electron chi connectivity index (χ2n) is 5.49. The van der Waals surface area contributed by atoms with E-state index in [1.165, 1.54) is 12.5 Å². The van der Waals surface area contributed by atoms with Crippen LogP contribution in [0.3, 0.4) is 0 Å². The maximum Gasteiger partial charge on any atom is 0.123 e. The molecule has 0 aromatic heterocycles. The Morgan fingerprint density at radius 1 is 1.32 bits per heavy atom. The van der Waals surface area contributed by atoms with E-state index in [2.05, 4.69) is 12.2 Å². The van der Waals surface area contributed by atoms with Crippen molar-refractivity contribution in [2.45, 2.75) is 63.6 Å². The van der Waals surface area contributed by atoms with E-state index in [-0.39, 0.29) is 24.0 Å². The van der Waals surface area contributed by atoms with Crippen LogP contribution in [0, 0.1) is 5.82 Å². The first-order valence-electron chi connectivity index (χ1n) is 7.40. The standard InChI is InChI=1S/C16H24FNO/c1-2-14(12-7-6-8-13(17)11-12)18-15-9-4-3-5-10-16(15)19/h6-8,11,14-16,18-19H,2-5,9-10H2,1H3. The van der Waals surface area contributed by atoms with Crippen molar-refractivity contribution in [1.29, 1.82) is 0 Å².